The first-order chi connectivity index (χ1) is 8.63. The van der Waals surface area contributed by atoms with Crippen LogP contribution in [0, 0.1) is 6.92 Å². The van der Waals surface area contributed by atoms with Crippen molar-refractivity contribution in [2.24, 2.45) is 0 Å². The van der Waals surface area contributed by atoms with Crippen LogP contribution in [0.2, 0.25) is 5.02 Å². The topological polar surface area (TPSA) is 26.3 Å². The van der Waals surface area contributed by atoms with E-state index in [4.69, 9.17) is 16.3 Å². The van der Waals surface area contributed by atoms with Crippen LogP contribution in [0.5, 0.6) is 0 Å². The highest BCUT2D eigenvalue weighted by molar-refractivity contribution is 6.31. The summed E-state index contributed by atoms with van der Waals surface area (Å²) in [7, 11) is 1.37. The van der Waals surface area contributed by atoms with Crippen LogP contribution in [0.3, 0.4) is 0 Å². The minimum atomic E-state index is -0.379. The standard InChI is InChI=1S/C15H13ClO2/c1-10-5-3-4-6-12(10)13-8-7-11(16)9-14(13)15(17)18-2/h3-9H,1-2H3. The summed E-state index contributed by atoms with van der Waals surface area (Å²) in [5.74, 6) is -0.379. The molecule has 2 rings (SSSR count). The molecule has 0 aliphatic heterocycles. The van der Waals surface area contributed by atoms with Crippen molar-refractivity contribution >= 4 is 17.6 Å². The Balaban J connectivity index is 2.64. The number of carbonyl (C=O) groups is 1. The molecular formula is C15H13ClO2. The molecule has 0 fully saturated rings. The van der Waals surface area contributed by atoms with Gasteiger partial charge in [-0.1, -0.05) is 41.9 Å². The Kier molecular flexibility index (Phi) is 3.68. The molecule has 0 bridgehead atoms. The molecule has 0 radical (unpaired) electrons. The van der Waals surface area contributed by atoms with Gasteiger partial charge in [0.05, 0.1) is 12.7 Å². The average molecular weight is 261 g/mol. The van der Waals surface area contributed by atoms with E-state index in [-0.39, 0.29) is 5.97 Å². The van der Waals surface area contributed by atoms with E-state index in [1.54, 1.807) is 12.1 Å². The Hall–Kier alpha value is -1.80. The molecule has 0 saturated heterocycles. The Morgan fingerprint density at radius 2 is 1.83 bits per heavy atom. The summed E-state index contributed by atoms with van der Waals surface area (Å²) in [4.78, 5) is 11.8. The number of halogens is 1. The van der Waals surface area contributed by atoms with Crippen LogP contribution in [0.15, 0.2) is 42.5 Å². The molecule has 0 aromatic heterocycles. The zero-order valence-electron chi connectivity index (χ0n) is 10.2. The van der Waals surface area contributed by atoms with Gasteiger partial charge in [0.1, 0.15) is 0 Å². The number of ether oxygens (including phenoxy) is 1. The Morgan fingerprint density at radius 3 is 2.50 bits per heavy atom. The van der Waals surface area contributed by atoms with Crippen LogP contribution >= 0.6 is 11.6 Å². The third kappa shape index (κ3) is 2.39. The summed E-state index contributed by atoms with van der Waals surface area (Å²) in [5.41, 5.74) is 3.43. The van der Waals surface area contributed by atoms with Gasteiger partial charge < -0.3 is 4.74 Å². The van der Waals surface area contributed by atoms with E-state index in [1.807, 2.05) is 37.3 Å². The fraction of sp³-hybridized carbons (Fsp3) is 0.133. The maximum absolute atomic E-state index is 11.8. The Morgan fingerprint density at radius 1 is 1.11 bits per heavy atom. The average Bonchev–Trinajstić information content (AvgIpc) is 2.39. The monoisotopic (exact) mass is 260 g/mol. The van der Waals surface area contributed by atoms with Crippen molar-refractivity contribution in [3.8, 4) is 11.1 Å². The number of aryl methyl sites for hydroxylation is 1. The molecule has 18 heavy (non-hydrogen) atoms. The lowest BCUT2D eigenvalue weighted by Gasteiger charge is -2.11. The maximum Gasteiger partial charge on any atom is 0.338 e. The molecule has 0 unspecified atom stereocenters. The number of esters is 1. The van der Waals surface area contributed by atoms with Crippen molar-refractivity contribution in [3.05, 3.63) is 58.6 Å². The van der Waals surface area contributed by atoms with Gasteiger partial charge in [-0.3, -0.25) is 0 Å². The molecule has 0 saturated carbocycles. The number of benzene rings is 2. The summed E-state index contributed by atoms with van der Waals surface area (Å²) >= 11 is 5.94. The smallest absolute Gasteiger partial charge is 0.338 e. The first-order valence-electron chi connectivity index (χ1n) is 5.57. The molecule has 0 heterocycles. The molecule has 0 amide bonds. The lowest BCUT2D eigenvalue weighted by atomic mass is 9.96. The molecule has 2 nitrogen and oxygen atoms in total. The summed E-state index contributed by atoms with van der Waals surface area (Å²) in [6.45, 7) is 2.00. The number of hydrogen-bond acceptors (Lipinski definition) is 2. The zero-order valence-corrected chi connectivity index (χ0v) is 11.0. The second-order valence-electron chi connectivity index (χ2n) is 4.00. The number of methoxy groups -OCH3 is 1. The molecule has 0 aliphatic rings. The maximum atomic E-state index is 11.8. The van der Waals surface area contributed by atoms with Gasteiger partial charge in [0, 0.05) is 5.02 Å². The van der Waals surface area contributed by atoms with Gasteiger partial charge in [-0.15, -0.1) is 0 Å². The van der Waals surface area contributed by atoms with E-state index < -0.39 is 0 Å². The van der Waals surface area contributed by atoms with Crippen LogP contribution in [-0.4, -0.2) is 13.1 Å². The van der Waals surface area contributed by atoms with Crippen molar-refractivity contribution < 1.29 is 9.53 Å². The summed E-state index contributed by atoms with van der Waals surface area (Å²) in [6, 6.07) is 13.1. The molecular weight excluding hydrogens is 248 g/mol. The first-order valence-corrected chi connectivity index (χ1v) is 5.95. The highest BCUT2D eigenvalue weighted by atomic mass is 35.5. The normalized spacial score (nSPS) is 10.2. The predicted molar refractivity (Wildman–Crippen MR) is 73.0 cm³/mol. The molecule has 0 atom stereocenters. The van der Waals surface area contributed by atoms with E-state index in [2.05, 4.69) is 0 Å². The molecule has 0 N–H and O–H groups in total. The van der Waals surface area contributed by atoms with E-state index in [0.29, 0.717) is 10.6 Å². The van der Waals surface area contributed by atoms with Crippen LogP contribution in [0.1, 0.15) is 15.9 Å². The summed E-state index contributed by atoms with van der Waals surface area (Å²) in [5, 5.41) is 0.521. The molecule has 2 aromatic carbocycles. The fourth-order valence-electron chi connectivity index (χ4n) is 1.91. The van der Waals surface area contributed by atoms with Gasteiger partial charge in [0.25, 0.3) is 0 Å². The molecule has 0 spiro atoms. The largest absolute Gasteiger partial charge is 0.465 e. The van der Waals surface area contributed by atoms with Crippen LogP contribution in [-0.2, 0) is 4.74 Å². The van der Waals surface area contributed by atoms with Gasteiger partial charge in [0.2, 0.25) is 0 Å². The highest BCUT2D eigenvalue weighted by Crippen LogP contribution is 2.29. The lowest BCUT2D eigenvalue weighted by Crippen LogP contribution is -2.04. The Labute approximate surface area is 111 Å². The SMILES string of the molecule is COC(=O)c1cc(Cl)ccc1-c1ccccc1C. The minimum absolute atomic E-state index is 0.379. The Bertz CT molecular complexity index is 591. The third-order valence-electron chi connectivity index (χ3n) is 2.82. The molecule has 0 aliphatic carbocycles. The van der Waals surface area contributed by atoms with E-state index in [0.717, 1.165) is 16.7 Å². The minimum Gasteiger partial charge on any atom is -0.465 e. The van der Waals surface area contributed by atoms with Gasteiger partial charge in [-0.25, -0.2) is 4.79 Å². The van der Waals surface area contributed by atoms with Gasteiger partial charge in [-0.2, -0.15) is 0 Å². The van der Waals surface area contributed by atoms with Crippen molar-refractivity contribution in [2.45, 2.75) is 6.92 Å². The van der Waals surface area contributed by atoms with Crippen molar-refractivity contribution in [1.29, 1.82) is 0 Å². The van der Waals surface area contributed by atoms with Crippen LogP contribution in [0.25, 0.3) is 11.1 Å². The quantitative estimate of drug-likeness (QED) is 0.760. The predicted octanol–water partition coefficient (Wildman–Crippen LogP) is 4.10. The van der Waals surface area contributed by atoms with Gasteiger partial charge in [0.15, 0.2) is 0 Å². The first kappa shape index (κ1) is 12.7. The zero-order chi connectivity index (χ0) is 13.1. The lowest BCUT2D eigenvalue weighted by molar-refractivity contribution is 0.0601. The van der Waals surface area contributed by atoms with Crippen molar-refractivity contribution in [2.75, 3.05) is 7.11 Å². The van der Waals surface area contributed by atoms with Crippen molar-refractivity contribution in [1.82, 2.24) is 0 Å². The molecule has 3 heteroatoms. The van der Waals surface area contributed by atoms with Crippen LogP contribution in [0.4, 0.5) is 0 Å². The van der Waals surface area contributed by atoms with Gasteiger partial charge >= 0.3 is 5.97 Å². The molecule has 2 aromatic rings. The third-order valence-corrected chi connectivity index (χ3v) is 3.06. The fourth-order valence-corrected chi connectivity index (χ4v) is 2.08. The van der Waals surface area contributed by atoms with Gasteiger partial charge in [-0.05, 0) is 35.7 Å². The molecule has 92 valence electrons. The summed E-state index contributed by atoms with van der Waals surface area (Å²) in [6.07, 6.45) is 0. The van der Waals surface area contributed by atoms with E-state index in [1.165, 1.54) is 7.11 Å². The van der Waals surface area contributed by atoms with E-state index in [9.17, 15) is 4.79 Å². The van der Waals surface area contributed by atoms with Crippen LogP contribution < -0.4 is 0 Å². The van der Waals surface area contributed by atoms with E-state index >= 15 is 0 Å². The highest BCUT2D eigenvalue weighted by Gasteiger charge is 2.14. The second kappa shape index (κ2) is 5.23. The summed E-state index contributed by atoms with van der Waals surface area (Å²) < 4.78 is 4.80. The van der Waals surface area contributed by atoms with Crippen molar-refractivity contribution in [3.63, 3.8) is 0 Å². The number of rotatable bonds is 2. The second-order valence-corrected chi connectivity index (χ2v) is 4.43. The number of carbonyl (C=O) groups excluding carboxylic acids is 1. The number of hydrogen-bond donors (Lipinski definition) is 0.